The second-order valence-electron chi connectivity index (χ2n) is 7.98. The molecule has 0 N–H and O–H groups in total. The Hall–Kier alpha value is -2.25. The van der Waals surface area contributed by atoms with Crippen molar-refractivity contribution in [2.24, 2.45) is 5.92 Å². The van der Waals surface area contributed by atoms with Gasteiger partial charge in [-0.05, 0) is 62.4 Å². The number of carbonyl (C=O) groups excluding carboxylic acids is 1. The average Bonchev–Trinajstić information content (AvgIpc) is 3.22. The lowest BCUT2D eigenvalue weighted by Crippen LogP contribution is -2.31. The molecule has 0 fully saturated rings. The molecule has 1 aromatic heterocycles. The Morgan fingerprint density at radius 1 is 1.17 bits per heavy atom. The standard InChI is InChI=1S/C26H32O3S/c1-5-9-20(6-2)25(27)29-24-15-13-21(30-24)12-10-19-11-14-23-22(18-19)26(7-3,8-4)16-17-28-23/h11,13-15,18,20H,5-9,16-17H2,1-4H3. The molecular weight excluding hydrogens is 392 g/mol. The van der Waals surface area contributed by atoms with Gasteiger partial charge < -0.3 is 9.47 Å². The molecule has 1 atom stereocenters. The van der Waals surface area contributed by atoms with Crippen molar-refractivity contribution in [2.75, 3.05) is 6.61 Å². The van der Waals surface area contributed by atoms with Crippen LogP contribution in [0.1, 0.15) is 82.2 Å². The quantitative estimate of drug-likeness (QED) is 0.365. The third-order valence-electron chi connectivity index (χ3n) is 6.32. The summed E-state index contributed by atoms with van der Waals surface area (Å²) in [7, 11) is 0. The first-order chi connectivity index (χ1) is 14.5. The molecule has 160 valence electrons. The van der Waals surface area contributed by atoms with Crippen molar-refractivity contribution >= 4 is 17.3 Å². The maximum Gasteiger partial charge on any atom is 0.315 e. The Morgan fingerprint density at radius 2 is 1.97 bits per heavy atom. The van der Waals surface area contributed by atoms with E-state index in [1.54, 1.807) is 0 Å². The minimum atomic E-state index is -0.133. The number of esters is 1. The topological polar surface area (TPSA) is 35.5 Å². The molecule has 3 nitrogen and oxygen atoms in total. The van der Waals surface area contributed by atoms with Crippen molar-refractivity contribution in [2.45, 2.75) is 71.6 Å². The van der Waals surface area contributed by atoms with Crippen molar-refractivity contribution in [3.63, 3.8) is 0 Å². The second kappa shape index (κ2) is 10.2. The maximum absolute atomic E-state index is 12.3. The predicted octanol–water partition coefficient (Wildman–Crippen LogP) is 6.72. The molecule has 2 aromatic rings. The minimum absolute atomic E-state index is 0.0262. The number of carbonyl (C=O) groups is 1. The van der Waals surface area contributed by atoms with Gasteiger partial charge in [-0.3, -0.25) is 4.79 Å². The van der Waals surface area contributed by atoms with Crippen LogP contribution in [-0.2, 0) is 10.2 Å². The average molecular weight is 425 g/mol. The highest BCUT2D eigenvalue weighted by atomic mass is 32.1. The van der Waals surface area contributed by atoms with Crippen molar-refractivity contribution in [3.8, 4) is 22.7 Å². The summed E-state index contributed by atoms with van der Waals surface area (Å²) in [5.74, 6) is 7.35. The first-order valence-electron chi connectivity index (χ1n) is 11.2. The number of fused-ring (bicyclic) bond motifs is 1. The Morgan fingerprint density at radius 3 is 2.67 bits per heavy atom. The lowest BCUT2D eigenvalue weighted by molar-refractivity contribution is -0.139. The van der Waals surface area contributed by atoms with Gasteiger partial charge in [0.25, 0.3) is 0 Å². The summed E-state index contributed by atoms with van der Waals surface area (Å²) >= 11 is 1.42. The molecule has 1 aliphatic rings. The van der Waals surface area contributed by atoms with Crippen LogP contribution in [0.5, 0.6) is 10.8 Å². The van der Waals surface area contributed by atoms with Crippen LogP contribution < -0.4 is 9.47 Å². The zero-order valence-electron chi connectivity index (χ0n) is 18.5. The normalized spacial score (nSPS) is 15.3. The fourth-order valence-electron chi connectivity index (χ4n) is 4.22. The maximum atomic E-state index is 12.3. The fraction of sp³-hybridized carbons (Fsp3) is 0.500. The Balaban J connectivity index is 1.75. The van der Waals surface area contributed by atoms with Gasteiger partial charge in [-0.15, -0.1) is 0 Å². The third-order valence-corrected chi connectivity index (χ3v) is 7.20. The van der Waals surface area contributed by atoms with Gasteiger partial charge in [0.15, 0.2) is 5.06 Å². The first-order valence-corrected chi connectivity index (χ1v) is 12.0. The van der Waals surface area contributed by atoms with E-state index in [1.165, 1.54) is 16.9 Å². The molecule has 1 aliphatic heterocycles. The number of hydrogen-bond acceptors (Lipinski definition) is 4. The van der Waals surface area contributed by atoms with E-state index in [2.05, 4.69) is 44.7 Å². The van der Waals surface area contributed by atoms with Crippen LogP contribution in [0.4, 0.5) is 0 Å². The molecule has 0 radical (unpaired) electrons. The molecule has 0 aliphatic carbocycles. The van der Waals surface area contributed by atoms with E-state index in [1.807, 2.05) is 25.1 Å². The number of thiophene rings is 1. The molecule has 2 heterocycles. The summed E-state index contributed by atoms with van der Waals surface area (Å²) < 4.78 is 11.5. The summed E-state index contributed by atoms with van der Waals surface area (Å²) in [6.45, 7) is 9.42. The molecular formula is C26H32O3S. The summed E-state index contributed by atoms with van der Waals surface area (Å²) in [6.07, 6.45) is 5.93. The highest BCUT2D eigenvalue weighted by Crippen LogP contribution is 2.43. The number of ether oxygens (including phenoxy) is 2. The van der Waals surface area contributed by atoms with E-state index in [4.69, 9.17) is 9.47 Å². The zero-order chi connectivity index (χ0) is 21.6. The molecule has 0 spiro atoms. The lowest BCUT2D eigenvalue weighted by Gasteiger charge is -2.37. The lowest BCUT2D eigenvalue weighted by atomic mass is 9.71. The summed E-state index contributed by atoms with van der Waals surface area (Å²) in [4.78, 5) is 13.2. The van der Waals surface area contributed by atoms with Crippen LogP contribution in [0.2, 0.25) is 0 Å². The van der Waals surface area contributed by atoms with Gasteiger partial charge in [-0.2, -0.15) is 0 Å². The largest absolute Gasteiger partial charge is 0.493 e. The van der Waals surface area contributed by atoms with E-state index in [0.29, 0.717) is 5.06 Å². The molecule has 3 rings (SSSR count). The van der Waals surface area contributed by atoms with Crippen LogP contribution in [0.3, 0.4) is 0 Å². The van der Waals surface area contributed by atoms with Gasteiger partial charge in [0, 0.05) is 16.5 Å². The number of benzene rings is 1. The highest BCUT2D eigenvalue weighted by molar-refractivity contribution is 7.14. The SMILES string of the molecule is CCCC(CC)C(=O)Oc1ccc(C#Cc2ccc3c(c2)C(CC)(CC)CCO3)s1. The number of rotatable bonds is 7. The molecule has 0 bridgehead atoms. The van der Waals surface area contributed by atoms with Gasteiger partial charge in [0.05, 0.1) is 17.4 Å². The van der Waals surface area contributed by atoms with E-state index in [9.17, 15) is 4.79 Å². The van der Waals surface area contributed by atoms with Gasteiger partial charge in [0.2, 0.25) is 0 Å². The molecule has 0 saturated heterocycles. The van der Waals surface area contributed by atoms with E-state index >= 15 is 0 Å². The van der Waals surface area contributed by atoms with Gasteiger partial charge in [-0.1, -0.05) is 57.3 Å². The molecule has 0 amide bonds. The first kappa shape index (κ1) is 22.4. The third kappa shape index (κ3) is 4.90. The van der Waals surface area contributed by atoms with Gasteiger partial charge in [0.1, 0.15) is 5.75 Å². The van der Waals surface area contributed by atoms with E-state index < -0.39 is 0 Å². The van der Waals surface area contributed by atoms with Gasteiger partial charge in [-0.25, -0.2) is 0 Å². The molecule has 30 heavy (non-hydrogen) atoms. The summed E-state index contributed by atoms with van der Waals surface area (Å²) in [6, 6.07) is 10.0. The van der Waals surface area contributed by atoms with Crippen molar-refractivity contribution in [1.82, 2.24) is 0 Å². The van der Waals surface area contributed by atoms with Crippen LogP contribution >= 0.6 is 11.3 Å². The second-order valence-corrected chi connectivity index (χ2v) is 9.03. The van der Waals surface area contributed by atoms with Crippen molar-refractivity contribution in [3.05, 3.63) is 46.3 Å². The van der Waals surface area contributed by atoms with Crippen molar-refractivity contribution in [1.29, 1.82) is 0 Å². The Labute approximate surface area is 184 Å². The monoisotopic (exact) mass is 424 g/mol. The Kier molecular flexibility index (Phi) is 7.61. The number of hydrogen-bond donors (Lipinski definition) is 0. The van der Waals surface area contributed by atoms with Gasteiger partial charge >= 0.3 is 5.97 Å². The molecule has 1 unspecified atom stereocenters. The zero-order valence-corrected chi connectivity index (χ0v) is 19.4. The van der Waals surface area contributed by atoms with E-state index in [-0.39, 0.29) is 17.3 Å². The van der Waals surface area contributed by atoms with Crippen molar-refractivity contribution < 1.29 is 14.3 Å². The highest BCUT2D eigenvalue weighted by Gasteiger charge is 2.34. The summed E-state index contributed by atoms with van der Waals surface area (Å²) in [5, 5.41) is 0.619. The minimum Gasteiger partial charge on any atom is -0.493 e. The van der Waals surface area contributed by atoms with Crippen LogP contribution in [0.15, 0.2) is 30.3 Å². The fourth-order valence-corrected chi connectivity index (χ4v) is 4.93. The van der Waals surface area contributed by atoms with Crippen LogP contribution in [0.25, 0.3) is 0 Å². The van der Waals surface area contributed by atoms with Crippen LogP contribution in [-0.4, -0.2) is 12.6 Å². The smallest absolute Gasteiger partial charge is 0.315 e. The van der Waals surface area contributed by atoms with E-state index in [0.717, 1.165) is 61.3 Å². The Bertz CT molecular complexity index is 927. The van der Waals surface area contributed by atoms with Crippen LogP contribution in [0, 0.1) is 17.8 Å². The predicted molar refractivity (Wildman–Crippen MR) is 123 cm³/mol. The molecule has 0 saturated carbocycles. The molecule has 1 aromatic carbocycles. The molecule has 4 heteroatoms. The summed E-state index contributed by atoms with van der Waals surface area (Å²) in [5.41, 5.74) is 2.46.